The summed E-state index contributed by atoms with van der Waals surface area (Å²) in [5, 5.41) is 8.48. The normalized spacial score (nSPS) is 8.48. The Morgan fingerprint density at radius 3 is 2.00 bits per heavy atom. The minimum Gasteiger partial charge on any atom is -0.481 e. The van der Waals surface area contributed by atoms with Crippen LogP contribution in [0.1, 0.15) is 51.0 Å². The summed E-state index contributed by atoms with van der Waals surface area (Å²) in [5.41, 5.74) is 1.29. The maximum atomic E-state index is 10.3. The molecule has 1 rings (SSSR count). The van der Waals surface area contributed by atoms with E-state index < -0.39 is 5.97 Å². The molecule has 138 valence electrons. The smallest absolute Gasteiger partial charge is 0.303 e. The Morgan fingerprint density at radius 2 is 1.44 bits per heavy atom. The highest BCUT2D eigenvalue weighted by Gasteiger charge is 1.93. The molecule has 0 spiro atoms. The lowest BCUT2D eigenvalue weighted by molar-refractivity contribution is -0.137. The fourth-order valence-corrected chi connectivity index (χ4v) is 1.92. The average Bonchev–Trinajstić information content (AvgIpc) is 2.68. The van der Waals surface area contributed by atoms with Crippen molar-refractivity contribution in [2.24, 2.45) is 0 Å². The van der Waals surface area contributed by atoms with E-state index >= 15 is 0 Å². The van der Waals surface area contributed by atoms with E-state index in [0.717, 1.165) is 12.2 Å². The fraction of sp³-hybridized carbons (Fsp3) is 0.375. The van der Waals surface area contributed by atoms with Crippen LogP contribution < -0.4 is 4.74 Å². The van der Waals surface area contributed by atoms with Gasteiger partial charge in [-0.1, -0.05) is 60.5 Å². The van der Waals surface area contributed by atoms with E-state index in [1.165, 1.54) is 5.56 Å². The van der Waals surface area contributed by atoms with Gasteiger partial charge in [-0.05, 0) is 30.5 Å². The predicted molar refractivity (Wildman–Crippen MR) is 108 cm³/mol. The number of unbranched alkanes of at least 4 members (excludes halogenated alkanes) is 1. The van der Waals surface area contributed by atoms with Crippen molar-refractivity contribution in [2.45, 2.75) is 51.9 Å². The molecule has 0 saturated heterocycles. The molecule has 0 unspecified atom stereocenters. The first-order chi connectivity index (χ1) is 13.2. The number of ether oxygens (including phenoxy) is 1. The van der Waals surface area contributed by atoms with E-state index in [2.05, 4.69) is 66.4 Å². The maximum absolute atomic E-state index is 10.3. The lowest BCUT2D eigenvalue weighted by atomic mass is 10.2. The Bertz CT molecular complexity index is 819. The molecule has 0 atom stereocenters. The Balaban J connectivity index is 2.10. The Morgan fingerprint density at radius 1 is 0.889 bits per heavy atom. The standard InChI is InChI=1S/C24H24O3/c1-2-22-17-19-23(20-18-22)27-21-15-13-11-9-7-5-3-4-6-8-10-12-14-16-24(25)26/h17-20H,2,5-6,11-12,14,16,21H2,1H3,(H,25,26). The quantitative estimate of drug-likeness (QED) is 0.614. The molecule has 0 aliphatic rings. The number of carbonyl (C=O) groups is 1. The maximum Gasteiger partial charge on any atom is 0.303 e. The Labute approximate surface area is 162 Å². The van der Waals surface area contributed by atoms with Gasteiger partial charge >= 0.3 is 5.97 Å². The summed E-state index contributed by atoms with van der Waals surface area (Å²) in [6, 6.07) is 8.03. The van der Waals surface area contributed by atoms with Crippen molar-refractivity contribution in [3.63, 3.8) is 0 Å². The minimum atomic E-state index is -0.783. The van der Waals surface area contributed by atoms with Gasteiger partial charge in [-0.15, -0.1) is 5.92 Å². The zero-order valence-corrected chi connectivity index (χ0v) is 15.7. The SMILES string of the molecule is CCc1ccc(OCC#CCC#CCC#CCC#CCCCC(=O)O)cc1. The summed E-state index contributed by atoms with van der Waals surface area (Å²) in [5.74, 6) is 23.5. The topological polar surface area (TPSA) is 46.5 Å². The number of hydrogen-bond acceptors (Lipinski definition) is 2. The summed E-state index contributed by atoms with van der Waals surface area (Å²) in [7, 11) is 0. The third-order valence-corrected chi connectivity index (χ3v) is 3.37. The molecule has 0 heterocycles. The molecule has 0 aliphatic heterocycles. The number of hydrogen-bond donors (Lipinski definition) is 1. The van der Waals surface area contributed by atoms with Gasteiger partial charge in [0.15, 0.2) is 0 Å². The Kier molecular flexibility index (Phi) is 12.1. The molecule has 0 amide bonds. The van der Waals surface area contributed by atoms with Crippen molar-refractivity contribution >= 4 is 5.97 Å². The molecule has 0 saturated carbocycles. The number of aryl methyl sites for hydroxylation is 1. The van der Waals surface area contributed by atoms with Crippen molar-refractivity contribution in [1.29, 1.82) is 0 Å². The molecule has 0 aromatic heterocycles. The number of carboxylic acid groups (broad SMARTS) is 1. The minimum absolute atomic E-state index is 0.164. The van der Waals surface area contributed by atoms with Crippen LogP contribution in [0, 0.1) is 47.4 Å². The molecule has 1 N–H and O–H groups in total. The second-order valence-corrected chi connectivity index (χ2v) is 5.48. The van der Waals surface area contributed by atoms with Crippen LogP contribution in [0.4, 0.5) is 0 Å². The zero-order chi connectivity index (χ0) is 19.6. The lowest BCUT2D eigenvalue weighted by Gasteiger charge is -2.02. The van der Waals surface area contributed by atoms with Crippen LogP contribution in [0.5, 0.6) is 5.75 Å². The largest absolute Gasteiger partial charge is 0.481 e. The fourth-order valence-electron chi connectivity index (χ4n) is 1.92. The second kappa shape index (κ2) is 15.0. The zero-order valence-electron chi connectivity index (χ0n) is 15.7. The molecule has 3 nitrogen and oxygen atoms in total. The summed E-state index contributed by atoms with van der Waals surface area (Å²) >= 11 is 0. The van der Waals surface area contributed by atoms with Gasteiger partial charge in [0.2, 0.25) is 0 Å². The number of carboxylic acids is 1. The van der Waals surface area contributed by atoms with Gasteiger partial charge in [0.25, 0.3) is 0 Å². The van der Waals surface area contributed by atoms with E-state index in [4.69, 9.17) is 9.84 Å². The second-order valence-electron chi connectivity index (χ2n) is 5.48. The average molecular weight is 360 g/mol. The van der Waals surface area contributed by atoms with E-state index in [0.29, 0.717) is 38.7 Å². The van der Waals surface area contributed by atoms with Crippen LogP contribution in [-0.2, 0) is 11.2 Å². The molecule has 0 aliphatic carbocycles. The number of rotatable bonds is 6. The summed E-state index contributed by atoms with van der Waals surface area (Å²) in [4.78, 5) is 10.3. The van der Waals surface area contributed by atoms with Crippen molar-refractivity contribution in [2.75, 3.05) is 6.61 Å². The molecule has 1 aromatic rings. The number of aliphatic carboxylic acids is 1. The van der Waals surface area contributed by atoms with Crippen molar-refractivity contribution in [3.05, 3.63) is 29.8 Å². The van der Waals surface area contributed by atoms with Gasteiger partial charge in [-0.3, -0.25) is 4.79 Å². The van der Waals surface area contributed by atoms with E-state index in [1.807, 2.05) is 12.1 Å². The van der Waals surface area contributed by atoms with Crippen LogP contribution in [0.25, 0.3) is 0 Å². The highest BCUT2D eigenvalue weighted by atomic mass is 16.5. The van der Waals surface area contributed by atoms with Gasteiger partial charge in [-0.2, -0.15) is 0 Å². The monoisotopic (exact) mass is 360 g/mol. The molecule has 3 heteroatoms. The highest BCUT2D eigenvalue weighted by Crippen LogP contribution is 2.11. The molecule has 0 fully saturated rings. The van der Waals surface area contributed by atoms with Crippen molar-refractivity contribution in [1.82, 2.24) is 0 Å². The van der Waals surface area contributed by atoms with Crippen LogP contribution >= 0.6 is 0 Å². The molecule has 27 heavy (non-hydrogen) atoms. The van der Waals surface area contributed by atoms with Crippen LogP contribution in [0.3, 0.4) is 0 Å². The van der Waals surface area contributed by atoms with Gasteiger partial charge in [0, 0.05) is 12.8 Å². The summed E-state index contributed by atoms with van der Waals surface area (Å²) in [6.07, 6.45) is 3.86. The Hall–Kier alpha value is -3.27. The summed E-state index contributed by atoms with van der Waals surface area (Å²) < 4.78 is 5.54. The molecule has 0 bridgehead atoms. The van der Waals surface area contributed by atoms with Gasteiger partial charge in [-0.25, -0.2) is 0 Å². The van der Waals surface area contributed by atoms with Crippen molar-refractivity contribution in [3.8, 4) is 53.1 Å². The molecular formula is C24H24O3. The number of benzene rings is 1. The predicted octanol–water partition coefficient (Wildman–Crippen LogP) is 4.07. The first kappa shape index (κ1) is 21.8. The molecular weight excluding hydrogens is 336 g/mol. The lowest BCUT2D eigenvalue weighted by Crippen LogP contribution is -1.93. The third kappa shape index (κ3) is 12.7. The van der Waals surface area contributed by atoms with Gasteiger partial charge < -0.3 is 9.84 Å². The van der Waals surface area contributed by atoms with E-state index in [-0.39, 0.29) is 6.42 Å². The van der Waals surface area contributed by atoms with Crippen LogP contribution in [0.2, 0.25) is 0 Å². The van der Waals surface area contributed by atoms with E-state index in [9.17, 15) is 4.79 Å². The third-order valence-electron chi connectivity index (χ3n) is 3.37. The molecule has 1 aromatic carbocycles. The van der Waals surface area contributed by atoms with Crippen molar-refractivity contribution < 1.29 is 14.6 Å². The highest BCUT2D eigenvalue weighted by molar-refractivity contribution is 5.66. The molecule has 0 radical (unpaired) electrons. The van der Waals surface area contributed by atoms with E-state index in [1.54, 1.807) is 0 Å². The first-order valence-corrected chi connectivity index (χ1v) is 8.98. The first-order valence-electron chi connectivity index (χ1n) is 8.98. The summed E-state index contributed by atoms with van der Waals surface area (Å²) in [6.45, 7) is 2.48. The van der Waals surface area contributed by atoms with Gasteiger partial charge in [0.1, 0.15) is 12.4 Å². The van der Waals surface area contributed by atoms with Crippen LogP contribution in [-0.4, -0.2) is 17.7 Å². The van der Waals surface area contributed by atoms with Crippen LogP contribution in [0.15, 0.2) is 24.3 Å². The van der Waals surface area contributed by atoms with Gasteiger partial charge in [0.05, 0.1) is 19.3 Å².